The highest BCUT2D eigenvalue weighted by molar-refractivity contribution is 6.35. The molecule has 4 heteroatoms. The number of hydrogen-bond acceptors (Lipinski definition) is 2. The second-order valence-corrected chi connectivity index (χ2v) is 5.59. The van der Waals surface area contributed by atoms with Crippen LogP contribution in [-0.2, 0) is 6.54 Å². The van der Waals surface area contributed by atoms with E-state index >= 15 is 0 Å². The van der Waals surface area contributed by atoms with Gasteiger partial charge in [-0.25, -0.2) is 0 Å². The highest BCUT2D eigenvalue weighted by Gasteiger charge is 2.13. The van der Waals surface area contributed by atoms with E-state index < -0.39 is 0 Å². The van der Waals surface area contributed by atoms with Gasteiger partial charge in [-0.05, 0) is 25.5 Å². The maximum Gasteiger partial charge on any atom is 0.142 e. The molecule has 0 bridgehead atoms. The quantitative estimate of drug-likeness (QED) is 0.822. The van der Waals surface area contributed by atoms with Gasteiger partial charge in [0.05, 0.1) is 11.1 Å². The van der Waals surface area contributed by atoms with E-state index in [9.17, 15) is 0 Å². The summed E-state index contributed by atoms with van der Waals surface area (Å²) in [5.41, 5.74) is 1.00. The summed E-state index contributed by atoms with van der Waals surface area (Å²) in [5, 5.41) is 4.56. The van der Waals surface area contributed by atoms with Crippen molar-refractivity contribution in [1.82, 2.24) is 5.32 Å². The SMILES string of the molecule is CCC(C)Oc1c(Cl)cc(Cl)cc1CNC(C)C. The fourth-order valence-electron chi connectivity index (χ4n) is 1.48. The highest BCUT2D eigenvalue weighted by atomic mass is 35.5. The lowest BCUT2D eigenvalue weighted by Gasteiger charge is -2.19. The van der Waals surface area contributed by atoms with E-state index in [1.54, 1.807) is 6.07 Å². The van der Waals surface area contributed by atoms with Crippen molar-refractivity contribution in [2.45, 2.75) is 52.8 Å². The second-order valence-electron chi connectivity index (χ2n) is 4.75. The molecule has 1 atom stereocenters. The zero-order valence-corrected chi connectivity index (χ0v) is 12.9. The average molecular weight is 290 g/mol. The monoisotopic (exact) mass is 289 g/mol. The lowest BCUT2D eigenvalue weighted by atomic mass is 10.2. The summed E-state index contributed by atoms with van der Waals surface area (Å²) >= 11 is 12.3. The van der Waals surface area contributed by atoms with Gasteiger partial charge < -0.3 is 10.1 Å². The maximum absolute atomic E-state index is 6.21. The molecule has 1 unspecified atom stereocenters. The third-order valence-corrected chi connectivity index (χ3v) is 3.18. The predicted octanol–water partition coefficient (Wildman–Crippen LogP) is 4.67. The normalized spacial score (nSPS) is 12.8. The lowest BCUT2D eigenvalue weighted by molar-refractivity contribution is 0.215. The van der Waals surface area contributed by atoms with Crippen LogP contribution in [0.2, 0.25) is 10.0 Å². The van der Waals surface area contributed by atoms with Crippen LogP contribution in [-0.4, -0.2) is 12.1 Å². The molecular weight excluding hydrogens is 269 g/mol. The van der Waals surface area contributed by atoms with Crippen LogP contribution in [0.3, 0.4) is 0 Å². The maximum atomic E-state index is 6.21. The zero-order chi connectivity index (χ0) is 13.7. The number of nitrogens with one attached hydrogen (secondary N) is 1. The van der Waals surface area contributed by atoms with E-state index in [0.29, 0.717) is 22.6 Å². The first-order chi connectivity index (χ1) is 8.43. The van der Waals surface area contributed by atoms with Gasteiger partial charge in [0.1, 0.15) is 5.75 Å². The largest absolute Gasteiger partial charge is 0.489 e. The fourth-order valence-corrected chi connectivity index (χ4v) is 2.06. The summed E-state index contributed by atoms with van der Waals surface area (Å²) in [6.45, 7) is 9.01. The van der Waals surface area contributed by atoms with Crippen molar-refractivity contribution in [3.8, 4) is 5.75 Å². The van der Waals surface area contributed by atoms with Crippen molar-refractivity contribution in [1.29, 1.82) is 0 Å². The average Bonchev–Trinajstić information content (AvgIpc) is 2.29. The smallest absolute Gasteiger partial charge is 0.142 e. The summed E-state index contributed by atoms with van der Waals surface area (Å²) in [6, 6.07) is 4.03. The molecule has 0 spiro atoms. The van der Waals surface area contributed by atoms with E-state index in [1.165, 1.54) is 0 Å². The van der Waals surface area contributed by atoms with Crippen LogP contribution in [0, 0.1) is 0 Å². The van der Waals surface area contributed by atoms with Gasteiger partial charge in [-0.3, -0.25) is 0 Å². The molecule has 0 saturated carbocycles. The molecule has 102 valence electrons. The second kappa shape index (κ2) is 7.22. The molecule has 0 aromatic heterocycles. The van der Waals surface area contributed by atoms with Gasteiger partial charge >= 0.3 is 0 Å². The molecule has 18 heavy (non-hydrogen) atoms. The minimum atomic E-state index is 0.140. The molecule has 0 heterocycles. The summed E-state index contributed by atoms with van der Waals surface area (Å²) in [6.07, 6.45) is 1.08. The summed E-state index contributed by atoms with van der Waals surface area (Å²) in [5.74, 6) is 0.739. The first-order valence-electron chi connectivity index (χ1n) is 6.32. The first kappa shape index (κ1) is 15.6. The van der Waals surface area contributed by atoms with Crippen LogP contribution >= 0.6 is 23.2 Å². The van der Waals surface area contributed by atoms with Gasteiger partial charge in [0.2, 0.25) is 0 Å². The Morgan fingerprint density at radius 1 is 1.22 bits per heavy atom. The predicted molar refractivity (Wildman–Crippen MR) is 78.8 cm³/mol. The van der Waals surface area contributed by atoms with Crippen molar-refractivity contribution >= 4 is 23.2 Å². The van der Waals surface area contributed by atoms with E-state index in [4.69, 9.17) is 27.9 Å². The Morgan fingerprint density at radius 2 is 1.89 bits per heavy atom. The number of ether oxygens (including phenoxy) is 1. The van der Waals surface area contributed by atoms with Gasteiger partial charge in [-0.1, -0.05) is 44.0 Å². The zero-order valence-electron chi connectivity index (χ0n) is 11.4. The molecule has 2 nitrogen and oxygen atoms in total. The number of hydrogen-bond donors (Lipinski definition) is 1. The Morgan fingerprint density at radius 3 is 2.44 bits per heavy atom. The van der Waals surface area contributed by atoms with Crippen molar-refractivity contribution < 1.29 is 4.74 Å². The fraction of sp³-hybridized carbons (Fsp3) is 0.571. The highest BCUT2D eigenvalue weighted by Crippen LogP contribution is 2.33. The van der Waals surface area contributed by atoms with Gasteiger partial charge in [0.15, 0.2) is 0 Å². The molecule has 0 radical (unpaired) electrons. The third kappa shape index (κ3) is 4.68. The van der Waals surface area contributed by atoms with Gasteiger partial charge in [-0.15, -0.1) is 0 Å². The van der Waals surface area contributed by atoms with Crippen molar-refractivity contribution in [3.63, 3.8) is 0 Å². The van der Waals surface area contributed by atoms with Crippen LogP contribution in [0.15, 0.2) is 12.1 Å². The minimum Gasteiger partial charge on any atom is -0.489 e. The molecule has 0 amide bonds. The molecule has 1 aromatic rings. The number of halogens is 2. The molecule has 0 aliphatic carbocycles. The number of benzene rings is 1. The van der Waals surface area contributed by atoms with Crippen LogP contribution in [0.1, 0.15) is 39.7 Å². The molecule has 1 N–H and O–H groups in total. The molecule has 0 fully saturated rings. The van der Waals surface area contributed by atoms with Crippen LogP contribution in [0.25, 0.3) is 0 Å². The summed E-state index contributed by atoms with van der Waals surface area (Å²) in [4.78, 5) is 0. The Kier molecular flexibility index (Phi) is 6.27. The molecule has 0 aliphatic heterocycles. The topological polar surface area (TPSA) is 21.3 Å². The van der Waals surface area contributed by atoms with Crippen molar-refractivity contribution in [2.75, 3.05) is 0 Å². The Hall–Kier alpha value is -0.440. The Labute approximate surface area is 120 Å². The standard InChI is InChI=1S/C14H21Cl2NO/c1-5-10(4)18-14-11(8-17-9(2)3)6-12(15)7-13(14)16/h6-7,9-10,17H,5,8H2,1-4H3. The summed E-state index contributed by atoms with van der Waals surface area (Å²) in [7, 11) is 0. The van der Waals surface area contributed by atoms with Crippen LogP contribution in [0.4, 0.5) is 0 Å². The van der Waals surface area contributed by atoms with Gasteiger partial charge in [0, 0.05) is 23.2 Å². The van der Waals surface area contributed by atoms with E-state index in [2.05, 4.69) is 26.1 Å². The van der Waals surface area contributed by atoms with E-state index in [0.717, 1.165) is 17.7 Å². The molecular formula is C14H21Cl2NO. The minimum absolute atomic E-state index is 0.140. The summed E-state index contributed by atoms with van der Waals surface area (Å²) < 4.78 is 5.88. The molecule has 1 aromatic carbocycles. The van der Waals surface area contributed by atoms with E-state index in [-0.39, 0.29) is 6.10 Å². The first-order valence-corrected chi connectivity index (χ1v) is 7.07. The molecule has 0 saturated heterocycles. The van der Waals surface area contributed by atoms with E-state index in [1.807, 2.05) is 13.0 Å². The van der Waals surface area contributed by atoms with Crippen LogP contribution in [0.5, 0.6) is 5.75 Å². The van der Waals surface area contributed by atoms with Crippen molar-refractivity contribution in [2.24, 2.45) is 0 Å². The van der Waals surface area contributed by atoms with Gasteiger partial charge in [0.25, 0.3) is 0 Å². The Bertz CT molecular complexity index is 394. The molecule has 0 aliphatic rings. The lowest BCUT2D eigenvalue weighted by Crippen LogP contribution is -2.23. The molecule has 1 rings (SSSR count). The van der Waals surface area contributed by atoms with Crippen LogP contribution < -0.4 is 10.1 Å². The van der Waals surface area contributed by atoms with Gasteiger partial charge in [-0.2, -0.15) is 0 Å². The third-order valence-electron chi connectivity index (χ3n) is 2.68. The number of rotatable bonds is 6. The van der Waals surface area contributed by atoms with Crippen molar-refractivity contribution in [3.05, 3.63) is 27.7 Å². The Balaban J connectivity index is 2.96.